The molecule has 0 amide bonds. The number of benzene rings is 1. The topological polar surface area (TPSA) is 43.1 Å². The SMILES string of the molecule is NCC(=O)Cc1ccc(Cl)cc1Cl. The Bertz CT molecular complexity index is 325. The third-order valence-electron chi connectivity index (χ3n) is 1.63. The fraction of sp³-hybridized carbons (Fsp3) is 0.222. The predicted octanol–water partition coefficient (Wildman–Crippen LogP) is 2.06. The first kappa shape index (κ1) is 10.5. The van der Waals surface area contributed by atoms with Gasteiger partial charge in [-0.3, -0.25) is 4.79 Å². The largest absolute Gasteiger partial charge is 0.324 e. The van der Waals surface area contributed by atoms with E-state index < -0.39 is 0 Å². The molecule has 0 saturated carbocycles. The Labute approximate surface area is 86.6 Å². The summed E-state index contributed by atoms with van der Waals surface area (Å²) >= 11 is 11.5. The highest BCUT2D eigenvalue weighted by Crippen LogP contribution is 2.21. The van der Waals surface area contributed by atoms with Gasteiger partial charge >= 0.3 is 0 Å². The van der Waals surface area contributed by atoms with Crippen molar-refractivity contribution >= 4 is 29.0 Å². The zero-order chi connectivity index (χ0) is 9.84. The number of rotatable bonds is 3. The quantitative estimate of drug-likeness (QED) is 0.843. The molecule has 2 nitrogen and oxygen atoms in total. The van der Waals surface area contributed by atoms with E-state index in [1.807, 2.05) is 0 Å². The van der Waals surface area contributed by atoms with Gasteiger partial charge in [-0.25, -0.2) is 0 Å². The monoisotopic (exact) mass is 217 g/mol. The molecule has 0 heterocycles. The smallest absolute Gasteiger partial charge is 0.150 e. The summed E-state index contributed by atoms with van der Waals surface area (Å²) in [4.78, 5) is 11.0. The van der Waals surface area contributed by atoms with Gasteiger partial charge in [-0.15, -0.1) is 0 Å². The molecule has 2 N–H and O–H groups in total. The Morgan fingerprint density at radius 2 is 2.08 bits per heavy atom. The van der Waals surface area contributed by atoms with Crippen molar-refractivity contribution in [1.29, 1.82) is 0 Å². The highest BCUT2D eigenvalue weighted by molar-refractivity contribution is 6.35. The lowest BCUT2D eigenvalue weighted by atomic mass is 10.1. The van der Waals surface area contributed by atoms with Crippen LogP contribution in [0.15, 0.2) is 18.2 Å². The summed E-state index contributed by atoms with van der Waals surface area (Å²) in [5, 5.41) is 1.07. The molecule has 0 unspecified atom stereocenters. The van der Waals surface area contributed by atoms with Crippen molar-refractivity contribution in [3.63, 3.8) is 0 Å². The molecule has 0 radical (unpaired) electrons. The minimum atomic E-state index is -0.0378. The molecule has 0 aliphatic carbocycles. The summed E-state index contributed by atoms with van der Waals surface area (Å²) in [5.74, 6) is -0.0378. The van der Waals surface area contributed by atoms with Crippen molar-refractivity contribution in [3.05, 3.63) is 33.8 Å². The summed E-state index contributed by atoms with van der Waals surface area (Å²) < 4.78 is 0. The second-order valence-electron chi connectivity index (χ2n) is 2.66. The molecule has 13 heavy (non-hydrogen) atoms. The number of hydrogen-bond acceptors (Lipinski definition) is 2. The minimum Gasteiger partial charge on any atom is -0.324 e. The summed E-state index contributed by atoms with van der Waals surface area (Å²) in [6.45, 7) is 0.0406. The fourth-order valence-electron chi connectivity index (χ4n) is 0.950. The number of nitrogens with two attached hydrogens (primary N) is 1. The first-order valence-corrected chi connectivity index (χ1v) is 4.54. The summed E-state index contributed by atoms with van der Waals surface area (Å²) in [6, 6.07) is 5.05. The molecule has 0 saturated heterocycles. The van der Waals surface area contributed by atoms with E-state index in [1.165, 1.54) is 0 Å². The number of Topliss-reactive ketones (excluding diaryl/α,β-unsaturated/α-hetero) is 1. The highest BCUT2D eigenvalue weighted by Gasteiger charge is 2.05. The first-order chi connectivity index (χ1) is 6.13. The maximum absolute atomic E-state index is 11.0. The van der Waals surface area contributed by atoms with Gasteiger partial charge in [0, 0.05) is 16.5 Å². The Balaban J connectivity index is 2.83. The highest BCUT2D eigenvalue weighted by atomic mass is 35.5. The van der Waals surface area contributed by atoms with Gasteiger partial charge in [-0.1, -0.05) is 29.3 Å². The third-order valence-corrected chi connectivity index (χ3v) is 2.22. The van der Waals surface area contributed by atoms with E-state index in [0.717, 1.165) is 5.56 Å². The average molecular weight is 218 g/mol. The Morgan fingerprint density at radius 3 is 2.62 bits per heavy atom. The van der Waals surface area contributed by atoms with Gasteiger partial charge in [0.05, 0.1) is 6.54 Å². The van der Waals surface area contributed by atoms with E-state index in [1.54, 1.807) is 18.2 Å². The van der Waals surface area contributed by atoms with Crippen LogP contribution in [0.1, 0.15) is 5.56 Å². The van der Waals surface area contributed by atoms with Gasteiger partial charge in [-0.05, 0) is 17.7 Å². The lowest BCUT2D eigenvalue weighted by Gasteiger charge is -2.02. The lowest BCUT2D eigenvalue weighted by molar-refractivity contribution is -0.117. The Hall–Kier alpha value is -0.570. The number of halogens is 2. The van der Waals surface area contributed by atoms with Crippen LogP contribution in [-0.4, -0.2) is 12.3 Å². The van der Waals surface area contributed by atoms with E-state index in [2.05, 4.69) is 0 Å². The van der Waals surface area contributed by atoms with Crippen LogP contribution in [0.2, 0.25) is 10.0 Å². The van der Waals surface area contributed by atoms with Crippen LogP contribution >= 0.6 is 23.2 Å². The molecule has 0 aromatic heterocycles. The fourth-order valence-corrected chi connectivity index (χ4v) is 1.42. The lowest BCUT2D eigenvalue weighted by Crippen LogP contribution is -2.15. The van der Waals surface area contributed by atoms with Crippen molar-refractivity contribution in [2.45, 2.75) is 6.42 Å². The maximum Gasteiger partial charge on any atom is 0.150 e. The molecule has 0 spiro atoms. The molecule has 0 bridgehead atoms. The average Bonchev–Trinajstić information content (AvgIpc) is 2.09. The van der Waals surface area contributed by atoms with E-state index >= 15 is 0 Å². The predicted molar refractivity (Wildman–Crippen MR) is 54.2 cm³/mol. The molecule has 0 aliphatic rings. The van der Waals surface area contributed by atoms with Crippen LogP contribution in [0.3, 0.4) is 0 Å². The second-order valence-corrected chi connectivity index (χ2v) is 3.50. The van der Waals surface area contributed by atoms with Crippen LogP contribution in [0, 0.1) is 0 Å². The zero-order valence-corrected chi connectivity index (χ0v) is 8.40. The van der Waals surface area contributed by atoms with Crippen LogP contribution in [0.4, 0.5) is 0 Å². The minimum absolute atomic E-state index is 0.0378. The van der Waals surface area contributed by atoms with E-state index in [0.29, 0.717) is 10.0 Å². The number of hydrogen-bond donors (Lipinski definition) is 1. The Kier molecular flexibility index (Phi) is 3.72. The van der Waals surface area contributed by atoms with Crippen molar-refractivity contribution in [2.24, 2.45) is 5.73 Å². The van der Waals surface area contributed by atoms with Gasteiger partial charge in [0.1, 0.15) is 0 Å². The van der Waals surface area contributed by atoms with Gasteiger partial charge in [0.2, 0.25) is 0 Å². The van der Waals surface area contributed by atoms with Crippen LogP contribution in [-0.2, 0) is 11.2 Å². The molecular formula is C9H9Cl2NO. The summed E-state index contributed by atoms with van der Waals surface area (Å²) in [6.07, 6.45) is 0.270. The van der Waals surface area contributed by atoms with Crippen molar-refractivity contribution in [3.8, 4) is 0 Å². The maximum atomic E-state index is 11.0. The standard InChI is InChI=1S/C9H9Cl2NO/c10-7-2-1-6(9(11)4-7)3-8(13)5-12/h1-2,4H,3,5,12H2. The zero-order valence-electron chi connectivity index (χ0n) is 6.89. The number of carbonyl (C=O) groups is 1. The second kappa shape index (κ2) is 4.61. The molecule has 4 heteroatoms. The van der Waals surface area contributed by atoms with E-state index in [-0.39, 0.29) is 18.7 Å². The molecule has 1 aromatic carbocycles. The molecule has 1 aromatic rings. The molecule has 70 valence electrons. The van der Waals surface area contributed by atoms with Crippen molar-refractivity contribution in [1.82, 2.24) is 0 Å². The van der Waals surface area contributed by atoms with Crippen LogP contribution in [0.25, 0.3) is 0 Å². The molecular weight excluding hydrogens is 209 g/mol. The van der Waals surface area contributed by atoms with Gasteiger partial charge < -0.3 is 5.73 Å². The molecule has 1 rings (SSSR count). The molecule has 0 aliphatic heterocycles. The first-order valence-electron chi connectivity index (χ1n) is 3.79. The third kappa shape index (κ3) is 2.99. The van der Waals surface area contributed by atoms with Gasteiger partial charge in [0.25, 0.3) is 0 Å². The molecule has 0 fully saturated rings. The van der Waals surface area contributed by atoms with Crippen LogP contribution < -0.4 is 5.73 Å². The normalized spacial score (nSPS) is 10.1. The van der Waals surface area contributed by atoms with Gasteiger partial charge in [0.15, 0.2) is 5.78 Å². The number of carbonyl (C=O) groups excluding carboxylic acids is 1. The summed E-state index contributed by atoms with van der Waals surface area (Å²) in [5.41, 5.74) is 5.95. The van der Waals surface area contributed by atoms with Gasteiger partial charge in [-0.2, -0.15) is 0 Å². The summed E-state index contributed by atoms with van der Waals surface area (Å²) in [7, 11) is 0. The van der Waals surface area contributed by atoms with E-state index in [4.69, 9.17) is 28.9 Å². The number of ketones is 1. The van der Waals surface area contributed by atoms with Crippen molar-refractivity contribution < 1.29 is 4.79 Å². The Morgan fingerprint density at radius 1 is 1.38 bits per heavy atom. The van der Waals surface area contributed by atoms with E-state index in [9.17, 15) is 4.79 Å². The molecule has 0 atom stereocenters. The van der Waals surface area contributed by atoms with Crippen LogP contribution in [0.5, 0.6) is 0 Å². The van der Waals surface area contributed by atoms with Crippen molar-refractivity contribution in [2.75, 3.05) is 6.54 Å².